The molecule has 1 amide bonds. The number of carbonyl (C=O) groups is 1. The highest BCUT2D eigenvalue weighted by Gasteiger charge is 2.33. The minimum absolute atomic E-state index is 0.125. The van der Waals surface area contributed by atoms with Crippen molar-refractivity contribution < 1.29 is 17.9 Å². The van der Waals surface area contributed by atoms with Crippen molar-refractivity contribution in [3.05, 3.63) is 0 Å². The number of nitrogens with one attached hydrogen (secondary N) is 1. The van der Waals surface area contributed by atoms with Gasteiger partial charge in [-0.05, 0) is 20.8 Å². The second-order valence-electron chi connectivity index (χ2n) is 5.23. The van der Waals surface area contributed by atoms with E-state index >= 15 is 0 Å². The molecule has 9 heteroatoms. The summed E-state index contributed by atoms with van der Waals surface area (Å²) in [5.74, 6) is 0. The van der Waals surface area contributed by atoms with Crippen LogP contribution in [-0.2, 0) is 14.9 Å². The third-order valence-electron chi connectivity index (χ3n) is 3.42. The van der Waals surface area contributed by atoms with Gasteiger partial charge >= 0.3 is 16.3 Å². The van der Waals surface area contributed by atoms with Gasteiger partial charge in [0.25, 0.3) is 0 Å². The van der Waals surface area contributed by atoms with E-state index in [9.17, 15) is 13.2 Å². The van der Waals surface area contributed by atoms with Gasteiger partial charge in [-0.3, -0.25) is 4.90 Å². The Morgan fingerprint density at radius 3 is 2.30 bits per heavy atom. The number of ether oxygens (including phenoxy) is 1. The van der Waals surface area contributed by atoms with Gasteiger partial charge in [-0.15, -0.1) is 0 Å². The van der Waals surface area contributed by atoms with Crippen LogP contribution in [0.1, 0.15) is 20.8 Å². The van der Waals surface area contributed by atoms with Crippen LogP contribution in [-0.4, -0.2) is 68.6 Å². The highest BCUT2D eigenvalue weighted by atomic mass is 32.2. The maximum Gasteiger partial charge on any atom is 0.421 e. The van der Waals surface area contributed by atoms with Crippen LogP contribution in [0.15, 0.2) is 0 Å². The fourth-order valence-corrected chi connectivity index (χ4v) is 3.04. The molecule has 0 saturated carbocycles. The number of rotatable bonds is 5. The van der Waals surface area contributed by atoms with Gasteiger partial charge in [0.1, 0.15) is 0 Å². The van der Waals surface area contributed by atoms with Crippen molar-refractivity contribution in [1.29, 1.82) is 0 Å². The summed E-state index contributed by atoms with van der Waals surface area (Å²) < 4.78 is 31.6. The van der Waals surface area contributed by atoms with Crippen molar-refractivity contribution in [1.82, 2.24) is 13.9 Å². The second kappa shape index (κ2) is 6.70. The average molecular weight is 308 g/mol. The van der Waals surface area contributed by atoms with Crippen LogP contribution < -0.4 is 10.5 Å². The first-order chi connectivity index (χ1) is 9.23. The summed E-state index contributed by atoms with van der Waals surface area (Å²) in [4.78, 5) is 13.3. The molecule has 118 valence electrons. The minimum Gasteiger partial charge on any atom is -0.449 e. The Bertz CT molecular complexity index is 430. The molecular weight excluding hydrogens is 284 g/mol. The normalized spacial score (nSPS) is 18.8. The molecule has 0 radical (unpaired) electrons. The van der Waals surface area contributed by atoms with E-state index in [4.69, 9.17) is 5.73 Å². The Morgan fingerprint density at radius 2 is 1.85 bits per heavy atom. The highest BCUT2D eigenvalue weighted by Crippen LogP contribution is 2.16. The topological polar surface area (TPSA) is 105 Å². The maximum atomic E-state index is 12.0. The number of hydrogen-bond acceptors (Lipinski definition) is 6. The molecule has 0 atom stereocenters. The molecule has 3 N–H and O–H groups in total. The number of hydrogen-bond donors (Lipinski definition) is 2. The van der Waals surface area contributed by atoms with Gasteiger partial charge in [0, 0.05) is 38.3 Å². The number of amides is 1. The first kappa shape index (κ1) is 17.2. The molecule has 0 aromatic heterocycles. The highest BCUT2D eigenvalue weighted by molar-refractivity contribution is 7.87. The monoisotopic (exact) mass is 308 g/mol. The van der Waals surface area contributed by atoms with Gasteiger partial charge in [-0.25, -0.2) is 9.52 Å². The van der Waals surface area contributed by atoms with E-state index < -0.39 is 16.3 Å². The van der Waals surface area contributed by atoms with Crippen molar-refractivity contribution >= 4 is 16.3 Å². The standard InChI is InChI=1S/C11H24N4O4S/c1-4-19-10(16)13-20(17,18)15-7-5-14(6-8-15)11(2,3)9-12/h4-9,12H2,1-3H3,(H,13,16). The van der Waals surface area contributed by atoms with E-state index in [1.54, 1.807) is 6.92 Å². The molecular formula is C11H24N4O4S. The molecule has 1 rings (SSSR count). The molecule has 0 aliphatic carbocycles. The molecule has 1 heterocycles. The predicted octanol–water partition coefficient (Wildman–Crippen LogP) is -0.668. The van der Waals surface area contributed by atoms with E-state index in [2.05, 4.69) is 9.64 Å². The lowest BCUT2D eigenvalue weighted by atomic mass is 10.0. The fourth-order valence-electron chi connectivity index (χ4n) is 1.99. The van der Waals surface area contributed by atoms with Crippen molar-refractivity contribution in [3.8, 4) is 0 Å². The molecule has 0 aromatic carbocycles. The molecule has 1 aliphatic rings. The third-order valence-corrected chi connectivity index (χ3v) is 4.89. The molecule has 0 bridgehead atoms. The van der Waals surface area contributed by atoms with Gasteiger partial charge in [0.2, 0.25) is 0 Å². The summed E-state index contributed by atoms with van der Waals surface area (Å²) in [6.45, 7) is 8.07. The SMILES string of the molecule is CCOC(=O)NS(=O)(=O)N1CCN(C(C)(C)CN)CC1. The van der Waals surface area contributed by atoms with Crippen molar-refractivity contribution in [2.24, 2.45) is 5.73 Å². The fraction of sp³-hybridized carbons (Fsp3) is 0.909. The van der Waals surface area contributed by atoms with Gasteiger partial charge in [-0.1, -0.05) is 0 Å². The summed E-state index contributed by atoms with van der Waals surface area (Å²) in [7, 11) is -3.83. The number of nitrogens with zero attached hydrogens (tertiary/aromatic N) is 2. The Balaban J connectivity index is 2.58. The van der Waals surface area contributed by atoms with Crippen LogP contribution >= 0.6 is 0 Å². The predicted molar refractivity (Wildman–Crippen MR) is 75.4 cm³/mol. The molecule has 1 fully saturated rings. The second-order valence-corrected chi connectivity index (χ2v) is 6.90. The Hall–Kier alpha value is -0.900. The molecule has 1 aliphatic heterocycles. The lowest BCUT2D eigenvalue weighted by Crippen LogP contribution is -2.59. The number of nitrogens with two attached hydrogens (primary N) is 1. The number of piperazine rings is 1. The van der Waals surface area contributed by atoms with Crippen LogP contribution in [0.3, 0.4) is 0 Å². The summed E-state index contributed by atoms with van der Waals surface area (Å²) in [6.07, 6.45) is -0.947. The zero-order valence-electron chi connectivity index (χ0n) is 12.3. The lowest BCUT2D eigenvalue weighted by molar-refractivity contribution is 0.0843. The first-order valence-corrected chi connectivity index (χ1v) is 8.06. The van der Waals surface area contributed by atoms with Gasteiger partial charge in [0.15, 0.2) is 0 Å². The average Bonchev–Trinajstić information content (AvgIpc) is 2.38. The lowest BCUT2D eigenvalue weighted by Gasteiger charge is -2.42. The van der Waals surface area contributed by atoms with Crippen molar-refractivity contribution in [3.63, 3.8) is 0 Å². The van der Waals surface area contributed by atoms with Crippen LogP contribution in [0.4, 0.5) is 4.79 Å². The van der Waals surface area contributed by atoms with Gasteiger partial charge in [0.05, 0.1) is 6.61 Å². The zero-order chi connectivity index (χ0) is 15.4. The maximum absolute atomic E-state index is 12.0. The zero-order valence-corrected chi connectivity index (χ0v) is 13.1. The van der Waals surface area contributed by atoms with E-state index in [0.29, 0.717) is 32.7 Å². The van der Waals surface area contributed by atoms with E-state index in [-0.39, 0.29) is 12.1 Å². The van der Waals surface area contributed by atoms with Crippen LogP contribution in [0.25, 0.3) is 0 Å². The molecule has 0 unspecified atom stereocenters. The molecule has 0 spiro atoms. The third kappa shape index (κ3) is 4.30. The Labute approximate surface area is 120 Å². The molecule has 0 aromatic rings. The Kier molecular flexibility index (Phi) is 5.75. The van der Waals surface area contributed by atoms with Crippen LogP contribution in [0, 0.1) is 0 Å². The van der Waals surface area contributed by atoms with Crippen LogP contribution in [0.5, 0.6) is 0 Å². The van der Waals surface area contributed by atoms with Crippen molar-refractivity contribution in [2.45, 2.75) is 26.3 Å². The van der Waals surface area contributed by atoms with Crippen LogP contribution in [0.2, 0.25) is 0 Å². The van der Waals surface area contributed by atoms with Crippen molar-refractivity contribution in [2.75, 3.05) is 39.3 Å². The summed E-state index contributed by atoms with van der Waals surface area (Å²) >= 11 is 0. The first-order valence-electron chi connectivity index (χ1n) is 6.62. The summed E-state index contributed by atoms with van der Waals surface area (Å²) in [5, 5.41) is 0. The van der Waals surface area contributed by atoms with Gasteiger partial charge in [-0.2, -0.15) is 12.7 Å². The van der Waals surface area contributed by atoms with E-state index in [0.717, 1.165) is 0 Å². The van der Waals surface area contributed by atoms with E-state index in [1.165, 1.54) is 4.31 Å². The minimum atomic E-state index is -3.83. The summed E-state index contributed by atoms with van der Waals surface area (Å²) in [5.41, 5.74) is 5.55. The largest absolute Gasteiger partial charge is 0.449 e. The quantitative estimate of drug-likeness (QED) is 0.698. The summed E-state index contributed by atoms with van der Waals surface area (Å²) in [6, 6.07) is 0. The van der Waals surface area contributed by atoms with Gasteiger partial charge < -0.3 is 10.5 Å². The molecule has 20 heavy (non-hydrogen) atoms. The molecule has 1 saturated heterocycles. The Morgan fingerprint density at radius 1 is 1.30 bits per heavy atom. The van der Waals surface area contributed by atoms with E-state index in [1.807, 2.05) is 18.6 Å². The number of carbonyl (C=O) groups excluding carboxylic acids is 1. The smallest absolute Gasteiger partial charge is 0.421 e. The molecule has 8 nitrogen and oxygen atoms in total.